The number of carbonyl (C=O) groups is 1. The van der Waals surface area contributed by atoms with E-state index in [2.05, 4.69) is 31.4 Å². The molecule has 0 aromatic heterocycles. The van der Waals surface area contributed by atoms with Crippen LogP contribution >= 0.6 is 0 Å². The second-order valence-corrected chi connectivity index (χ2v) is 5.09. The standard InChI is InChI=1S/C12H24N2O2/c1-9(2)13-7-5-11(15)14-12(4)6-8-16-10(12)3/h9-10,13H,5-8H2,1-4H3,(H,14,15). The molecule has 0 saturated carbocycles. The van der Waals surface area contributed by atoms with Gasteiger partial charge in [-0.3, -0.25) is 4.79 Å². The minimum Gasteiger partial charge on any atom is -0.376 e. The van der Waals surface area contributed by atoms with Crippen LogP contribution < -0.4 is 10.6 Å². The van der Waals surface area contributed by atoms with Gasteiger partial charge in [0.05, 0.1) is 11.6 Å². The van der Waals surface area contributed by atoms with E-state index in [0.717, 1.165) is 19.6 Å². The van der Waals surface area contributed by atoms with Gasteiger partial charge >= 0.3 is 0 Å². The Kier molecular flexibility index (Phi) is 4.74. The highest BCUT2D eigenvalue weighted by atomic mass is 16.5. The van der Waals surface area contributed by atoms with Gasteiger partial charge in [-0.05, 0) is 20.3 Å². The largest absolute Gasteiger partial charge is 0.376 e. The number of amides is 1. The van der Waals surface area contributed by atoms with Gasteiger partial charge in [-0.2, -0.15) is 0 Å². The van der Waals surface area contributed by atoms with Gasteiger partial charge in [0, 0.05) is 25.6 Å². The summed E-state index contributed by atoms with van der Waals surface area (Å²) < 4.78 is 5.48. The third-order valence-electron chi connectivity index (χ3n) is 3.22. The molecule has 0 bridgehead atoms. The molecule has 1 fully saturated rings. The second kappa shape index (κ2) is 5.64. The number of rotatable bonds is 5. The molecule has 4 heteroatoms. The van der Waals surface area contributed by atoms with Crippen molar-refractivity contribution in [1.29, 1.82) is 0 Å². The SMILES string of the molecule is CC(C)NCCC(=O)NC1(C)CCOC1C. The van der Waals surface area contributed by atoms with E-state index < -0.39 is 0 Å². The Balaban J connectivity index is 2.28. The first-order chi connectivity index (χ1) is 7.44. The molecule has 1 aliphatic rings. The van der Waals surface area contributed by atoms with E-state index in [1.54, 1.807) is 0 Å². The molecule has 0 aromatic carbocycles. The molecule has 1 heterocycles. The smallest absolute Gasteiger partial charge is 0.221 e. The quantitative estimate of drug-likeness (QED) is 0.739. The third-order valence-corrected chi connectivity index (χ3v) is 3.22. The molecular formula is C12H24N2O2. The second-order valence-electron chi connectivity index (χ2n) is 5.09. The fourth-order valence-corrected chi connectivity index (χ4v) is 1.85. The zero-order valence-corrected chi connectivity index (χ0v) is 10.8. The fraction of sp³-hybridized carbons (Fsp3) is 0.917. The Morgan fingerprint density at radius 1 is 1.56 bits per heavy atom. The van der Waals surface area contributed by atoms with Crippen molar-refractivity contribution in [3.8, 4) is 0 Å². The number of nitrogens with one attached hydrogen (secondary N) is 2. The first-order valence-corrected chi connectivity index (χ1v) is 6.10. The molecule has 0 aliphatic carbocycles. The van der Waals surface area contributed by atoms with E-state index in [9.17, 15) is 4.79 Å². The molecular weight excluding hydrogens is 204 g/mol. The third kappa shape index (κ3) is 3.76. The maximum atomic E-state index is 11.7. The number of hydrogen-bond acceptors (Lipinski definition) is 3. The van der Waals surface area contributed by atoms with Crippen molar-refractivity contribution in [1.82, 2.24) is 10.6 Å². The van der Waals surface area contributed by atoms with Gasteiger partial charge in [0.2, 0.25) is 5.91 Å². The van der Waals surface area contributed by atoms with Crippen LogP contribution in [0.4, 0.5) is 0 Å². The summed E-state index contributed by atoms with van der Waals surface area (Å²) in [6.45, 7) is 9.69. The van der Waals surface area contributed by atoms with Gasteiger partial charge in [-0.15, -0.1) is 0 Å². The van der Waals surface area contributed by atoms with Gasteiger partial charge in [0.25, 0.3) is 0 Å². The summed E-state index contributed by atoms with van der Waals surface area (Å²) in [5.41, 5.74) is -0.186. The molecule has 1 saturated heterocycles. The van der Waals surface area contributed by atoms with E-state index >= 15 is 0 Å². The van der Waals surface area contributed by atoms with Gasteiger partial charge in [0.1, 0.15) is 0 Å². The minimum atomic E-state index is -0.186. The molecule has 2 N–H and O–H groups in total. The monoisotopic (exact) mass is 228 g/mol. The fourth-order valence-electron chi connectivity index (χ4n) is 1.85. The Labute approximate surface area is 98.1 Å². The molecule has 2 unspecified atom stereocenters. The Bertz CT molecular complexity index is 243. The first-order valence-electron chi connectivity index (χ1n) is 6.10. The van der Waals surface area contributed by atoms with Crippen LogP contribution in [0.1, 0.15) is 40.5 Å². The minimum absolute atomic E-state index is 0.105. The van der Waals surface area contributed by atoms with E-state index in [4.69, 9.17) is 4.74 Å². The van der Waals surface area contributed by atoms with Crippen molar-refractivity contribution in [2.45, 2.75) is 58.2 Å². The molecule has 0 spiro atoms. The topological polar surface area (TPSA) is 50.4 Å². The van der Waals surface area contributed by atoms with Crippen LogP contribution in [0.3, 0.4) is 0 Å². The summed E-state index contributed by atoms with van der Waals surface area (Å²) in [6, 6.07) is 0.428. The normalized spacial score (nSPS) is 29.7. The number of carbonyl (C=O) groups excluding carboxylic acids is 1. The summed E-state index contributed by atoms with van der Waals surface area (Å²) in [7, 11) is 0. The molecule has 94 valence electrons. The highest BCUT2D eigenvalue weighted by Crippen LogP contribution is 2.24. The molecule has 1 aliphatic heterocycles. The van der Waals surface area contributed by atoms with Gasteiger partial charge in [-0.25, -0.2) is 0 Å². The average Bonchev–Trinajstić information content (AvgIpc) is 2.46. The molecule has 0 aromatic rings. The van der Waals surface area contributed by atoms with E-state index in [1.807, 2.05) is 6.92 Å². The molecule has 1 rings (SSSR count). The first kappa shape index (κ1) is 13.5. The number of ether oxygens (including phenoxy) is 1. The molecule has 16 heavy (non-hydrogen) atoms. The van der Waals surface area contributed by atoms with Crippen LogP contribution in [0.25, 0.3) is 0 Å². The lowest BCUT2D eigenvalue weighted by Gasteiger charge is -2.29. The summed E-state index contributed by atoms with van der Waals surface area (Å²) in [5, 5.41) is 6.31. The van der Waals surface area contributed by atoms with Crippen molar-refractivity contribution in [2.75, 3.05) is 13.2 Å². The van der Waals surface area contributed by atoms with Crippen LogP contribution in [0.15, 0.2) is 0 Å². The highest BCUT2D eigenvalue weighted by molar-refractivity contribution is 5.77. The van der Waals surface area contributed by atoms with Crippen molar-refractivity contribution in [2.24, 2.45) is 0 Å². The Morgan fingerprint density at radius 2 is 2.25 bits per heavy atom. The average molecular weight is 228 g/mol. The summed E-state index contributed by atoms with van der Waals surface area (Å²) >= 11 is 0. The Hall–Kier alpha value is -0.610. The molecule has 4 nitrogen and oxygen atoms in total. The van der Waals surface area contributed by atoms with E-state index in [1.165, 1.54) is 0 Å². The lowest BCUT2D eigenvalue weighted by Crippen LogP contribution is -2.51. The zero-order valence-electron chi connectivity index (χ0n) is 10.8. The van der Waals surface area contributed by atoms with Crippen LogP contribution in [-0.4, -0.2) is 36.7 Å². The zero-order chi connectivity index (χ0) is 12.2. The van der Waals surface area contributed by atoms with Crippen molar-refractivity contribution in [3.63, 3.8) is 0 Å². The molecule has 1 amide bonds. The summed E-state index contributed by atoms with van der Waals surface area (Å²) in [5.74, 6) is 0.105. The Morgan fingerprint density at radius 3 is 2.75 bits per heavy atom. The van der Waals surface area contributed by atoms with Gasteiger partial charge in [0.15, 0.2) is 0 Å². The summed E-state index contributed by atoms with van der Waals surface area (Å²) in [4.78, 5) is 11.7. The molecule has 2 atom stereocenters. The lowest BCUT2D eigenvalue weighted by atomic mass is 9.94. The predicted octanol–water partition coefficient (Wildman–Crippen LogP) is 1.06. The predicted molar refractivity (Wildman–Crippen MR) is 64.3 cm³/mol. The van der Waals surface area contributed by atoms with Crippen molar-refractivity contribution < 1.29 is 9.53 Å². The van der Waals surface area contributed by atoms with E-state index in [-0.39, 0.29) is 17.6 Å². The van der Waals surface area contributed by atoms with Crippen LogP contribution in [0.2, 0.25) is 0 Å². The van der Waals surface area contributed by atoms with Crippen LogP contribution in [0.5, 0.6) is 0 Å². The summed E-state index contributed by atoms with van der Waals surface area (Å²) in [6.07, 6.45) is 1.53. The van der Waals surface area contributed by atoms with Crippen LogP contribution in [0, 0.1) is 0 Å². The van der Waals surface area contributed by atoms with Gasteiger partial charge < -0.3 is 15.4 Å². The maximum Gasteiger partial charge on any atom is 0.221 e. The maximum absolute atomic E-state index is 11.7. The van der Waals surface area contributed by atoms with Crippen molar-refractivity contribution in [3.05, 3.63) is 0 Å². The highest BCUT2D eigenvalue weighted by Gasteiger charge is 2.37. The van der Waals surface area contributed by atoms with Crippen molar-refractivity contribution >= 4 is 5.91 Å². The number of hydrogen-bond donors (Lipinski definition) is 2. The van der Waals surface area contributed by atoms with Crippen LogP contribution in [-0.2, 0) is 9.53 Å². The van der Waals surface area contributed by atoms with E-state index in [0.29, 0.717) is 12.5 Å². The lowest BCUT2D eigenvalue weighted by molar-refractivity contribution is -0.123. The molecule has 0 radical (unpaired) electrons. The van der Waals surface area contributed by atoms with Gasteiger partial charge in [-0.1, -0.05) is 13.8 Å².